The number of anilines is 3. The lowest BCUT2D eigenvalue weighted by molar-refractivity contribution is -0.137. The number of hydrogen-bond acceptors (Lipinski definition) is 2. The third-order valence-corrected chi connectivity index (χ3v) is 2.85. The summed E-state index contributed by atoms with van der Waals surface area (Å²) in [6, 6.07) is 7.12. The third kappa shape index (κ3) is 3.01. The first-order valence-electron chi connectivity index (χ1n) is 5.77. The van der Waals surface area contributed by atoms with E-state index in [9.17, 15) is 17.6 Å². The molecule has 2 aromatic rings. The summed E-state index contributed by atoms with van der Waals surface area (Å²) in [5.41, 5.74) is 6.23. The van der Waals surface area contributed by atoms with Crippen molar-refractivity contribution in [2.24, 2.45) is 0 Å². The van der Waals surface area contributed by atoms with E-state index < -0.39 is 17.6 Å². The van der Waals surface area contributed by atoms with E-state index in [1.165, 1.54) is 18.2 Å². The first-order valence-corrected chi connectivity index (χ1v) is 5.77. The number of halogens is 4. The molecule has 0 aliphatic carbocycles. The second-order valence-corrected chi connectivity index (χ2v) is 4.38. The predicted molar refractivity (Wildman–Crippen MR) is 70.3 cm³/mol. The predicted octanol–water partition coefficient (Wildman–Crippen LogP) is 4.48. The molecule has 0 aliphatic heterocycles. The van der Waals surface area contributed by atoms with E-state index in [4.69, 9.17) is 5.73 Å². The summed E-state index contributed by atoms with van der Waals surface area (Å²) in [5.74, 6) is -0.441. The van der Waals surface area contributed by atoms with Gasteiger partial charge in [-0.1, -0.05) is 6.07 Å². The first-order chi connectivity index (χ1) is 9.27. The van der Waals surface area contributed by atoms with Gasteiger partial charge in [0.25, 0.3) is 0 Å². The molecule has 6 heteroatoms. The number of alkyl halides is 3. The Balaban J connectivity index is 2.33. The number of benzene rings is 2. The van der Waals surface area contributed by atoms with E-state index in [1.54, 1.807) is 13.0 Å². The maximum atomic E-state index is 13.2. The Morgan fingerprint density at radius 3 is 2.30 bits per heavy atom. The average Bonchev–Trinajstić information content (AvgIpc) is 2.35. The van der Waals surface area contributed by atoms with Crippen LogP contribution in [-0.4, -0.2) is 0 Å². The van der Waals surface area contributed by atoms with Gasteiger partial charge in [-0.15, -0.1) is 0 Å². The van der Waals surface area contributed by atoms with Crippen LogP contribution >= 0.6 is 0 Å². The molecule has 0 aliphatic rings. The number of rotatable bonds is 2. The molecule has 0 saturated carbocycles. The van der Waals surface area contributed by atoms with Crippen molar-refractivity contribution < 1.29 is 17.6 Å². The van der Waals surface area contributed by atoms with Gasteiger partial charge in [-0.2, -0.15) is 13.2 Å². The molecule has 0 aromatic heterocycles. The van der Waals surface area contributed by atoms with Crippen LogP contribution in [0, 0.1) is 12.7 Å². The summed E-state index contributed by atoms with van der Waals surface area (Å²) < 4.78 is 50.7. The van der Waals surface area contributed by atoms with Crippen LogP contribution in [0.15, 0.2) is 36.4 Å². The summed E-state index contributed by atoms with van der Waals surface area (Å²) in [6.07, 6.45) is -4.44. The van der Waals surface area contributed by atoms with Gasteiger partial charge in [0.1, 0.15) is 5.82 Å². The van der Waals surface area contributed by atoms with Crippen molar-refractivity contribution in [3.63, 3.8) is 0 Å². The topological polar surface area (TPSA) is 38.0 Å². The van der Waals surface area contributed by atoms with Gasteiger partial charge >= 0.3 is 6.18 Å². The average molecular weight is 284 g/mol. The molecule has 106 valence electrons. The molecular formula is C14H12F4N2. The van der Waals surface area contributed by atoms with Crippen molar-refractivity contribution in [1.29, 1.82) is 0 Å². The van der Waals surface area contributed by atoms with Crippen molar-refractivity contribution in [3.8, 4) is 0 Å². The summed E-state index contributed by atoms with van der Waals surface area (Å²) in [5, 5.41) is 2.83. The zero-order chi connectivity index (χ0) is 14.9. The van der Waals surface area contributed by atoms with Crippen LogP contribution in [0.2, 0.25) is 0 Å². The Morgan fingerprint density at radius 2 is 1.70 bits per heavy atom. The highest BCUT2D eigenvalue weighted by molar-refractivity contribution is 5.74. The highest BCUT2D eigenvalue weighted by Crippen LogP contribution is 2.34. The van der Waals surface area contributed by atoms with Gasteiger partial charge < -0.3 is 11.1 Å². The van der Waals surface area contributed by atoms with Gasteiger partial charge in [0.15, 0.2) is 0 Å². The van der Waals surface area contributed by atoms with Gasteiger partial charge in [0.2, 0.25) is 0 Å². The molecule has 3 N–H and O–H groups in total. The van der Waals surface area contributed by atoms with Gasteiger partial charge in [-0.25, -0.2) is 4.39 Å². The molecule has 0 atom stereocenters. The molecule has 2 rings (SSSR count). The number of nitrogens with two attached hydrogens (primary N) is 1. The summed E-state index contributed by atoms with van der Waals surface area (Å²) in [6.45, 7) is 1.75. The van der Waals surface area contributed by atoms with Crippen molar-refractivity contribution in [1.82, 2.24) is 0 Å². The number of nitrogens with one attached hydrogen (secondary N) is 1. The SMILES string of the molecule is Cc1ccc(F)cc1Nc1ccc(C(F)(F)F)cc1N. The van der Waals surface area contributed by atoms with Gasteiger partial charge in [0.05, 0.1) is 16.9 Å². The summed E-state index contributed by atoms with van der Waals surface area (Å²) in [7, 11) is 0. The number of aryl methyl sites for hydroxylation is 1. The zero-order valence-corrected chi connectivity index (χ0v) is 10.6. The van der Waals surface area contributed by atoms with E-state index in [1.807, 2.05) is 0 Å². The molecule has 0 amide bonds. The minimum Gasteiger partial charge on any atom is -0.397 e. The van der Waals surface area contributed by atoms with Crippen LogP contribution < -0.4 is 11.1 Å². The minimum atomic E-state index is -4.44. The molecule has 0 radical (unpaired) electrons. The number of nitrogen functional groups attached to an aromatic ring is 1. The molecule has 2 aromatic carbocycles. The fraction of sp³-hybridized carbons (Fsp3) is 0.143. The van der Waals surface area contributed by atoms with Crippen LogP contribution in [-0.2, 0) is 6.18 Å². The minimum absolute atomic E-state index is 0.0523. The normalized spacial score (nSPS) is 11.4. The molecule has 0 heterocycles. The molecule has 0 unspecified atom stereocenters. The van der Waals surface area contributed by atoms with Crippen molar-refractivity contribution in [2.45, 2.75) is 13.1 Å². The Hall–Kier alpha value is -2.24. The van der Waals surface area contributed by atoms with E-state index in [0.717, 1.165) is 17.7 Å². The fourth-order valence-corrected chi connectivity index (χ4v) is 1.73. The number of hydrogen-bond donors (Lipinski definition) is 2. The molecule has 0 saturated heterocycles. The molecule has 20 heavy (non-hydrogen) atoms. The lowest BCUT2D eigenvalue weighted by atomic mass is 10.1. The van der Waals surface area contributed by atoms with E-state index in [0.29, 0.717) is 11.4 Å². The van der Waals surface area contributed by atoms with Crippen molar-refractivity contribution >= 4 is 17.1 Å². The van der Waals surface area contributed by atoms with Crippen LogP contribution in [0.25, 0.3) is 0 Å². The summed E-state index contributed by atoms with van der Waals surface area (Å²) in [4.78, 5) is 0. The fourth-order valence-electron chi connectivity index (χ4n) is 1.73. The van der Waals surface area contributed by atoms with Crippen LogP contribution in [0.5, 0.6) is 0 Å². The van der Waals surface area contributed by atoms with Crippen molar-refractivity contribution in [2.75, 3.05) is 11.1 Å². The summed E-state index contributed by atoms with van der Waals surface area (Å²) >= 11 is 0. The molecule has 0 bridgehead atoms. The molecule has 2 nitrogen and oxygen atoms in total. The second-order valence-electron chi connectivity index (χ2n) is 4.38. The smallest absolute Gasteiger partial charge is 0.397 e. The maximum absolute atomic E-state index is 13.2. The van der Waals surface area contributed by atoms with Gasteiger partial charge in [0, 0.05) is 5.69 Å². The molecular weight excluding hydrogens is 272 g/mol. The first kappa shape index (κ1) is 14.2. The third-order valence-electron chi connectivity index (χ3n) is 2.85. The Bertz CT molecular complexity index is 636. The quantitative estimate of drug-likeness (QED) is 0.630. The highest BCUT2D eigenvalue weighted by atomic mass is 19.4. The van der Waals surface area contributed by atoms with E-state index >= 15 is 0 Å². The largest absolute Gasteiger partial charge is 0.416 e. The van der Waals surface area contributed by atoms with Crippen LogP contribution in [0.4, 0.5) is 34.6 Å². The van der Waals surface area contributed by atoms with Crippen LogP contribution in [0.1, 0.15) is 11.1 Å². The standard InChI is InChI=1S/C14H12F4N2/c1-8-2-4-10(15)7-13(8)20-12-5-3-9(6-11(12)19)14(16,17)18/h2-7,20H,19H2,1H3. The lowest BCUT2D eigenvalue weighted by Gasteiger charge is -2.14. The lowest BCUT2D eigenvalue weighted by Crippen LogP contribution is -2.07. The van der Waals surface area contributed by atoms with E-state index in [2.05, 4.69) is 5.32 Å². The van der Waals surface area contributed by atoms with Gasteiger partial charge in [-0.3, -0.25) is 0 Å². The Kier molecular flexibility index (Phi) is 3.57. The van der Waals surface area contributed by atoms with E-state index in [-0.39, 0.29) is 5.69 Å². The Labute approximate surface area is 113 Å². The Morgan fingerprint density at radius 1 is 1.00 bits per heavy atom. The second kappa shape index (κ2) is 5.03. The highest BCUT2D eigenvalue weighted by Gasteiger charge is 2.30. The van der Waals surface area contributed by atoms with Crippen molar-refractivity contribution in [3.05, 3.63) is 53.3 Å². The van der Waals surface area contributed by atoms with Crippen LogP contribution in [0.3, 0.4) is 0 Å². The van der Waals surface area contributed by atoms with Gasteiger partial charge in [-0.05, 0) is 42.8 Å². The maximum Gasteiger partial charge on any atom is 0.416 e. The molecule has 0 fully saturated rings. The monoisotopic (exact) mass is 284 g/mol. The zero-order valence-electron chi connectivity index (χ0n) is 10.6. The molecule has 0 spiro atoms.